The highest BCUT2D eigenvalue weighted by Gasteiger charge is 2.56. The fourth-order valence-corrected chi connectivity index (χ4v) is 5.12. The van der Waals surface area contributed by atoms with Crippen molar-refractivity contribution in [1.82, 2.24) is 4.90 Å². The number of hydrogen-bond donors (Lipinski definition) is 2. The molecule has 0 radical (unpaired) electrons. The molecule has 6 nitrogen and oxygen atoms in total. The van der Waals surface area contributed by atoms with Gasteiger partial charge in [-0.25, -0.2) is 0 Å². The minimum atomic E-state index is -4.97. The lowest BCUT2D eigenvalue weighted by molar-refractivity contribution is -0.142. The first-order chi connectivity index (χ1) is 15.5. The number of fused-ring (bicyclic) bond motifs is 1. The third kappa shape index (κ3) is 3.88. The van der Waals surface area contributed by atoms with Gasteiger partial charge in [0.25, 0.3) is 5.91 Å². The average Bonchev–Trinajstić information content (AvgIpc) is 3.25. The molecule has 10 heteroatoms. The molecule has 33 heavy (non-hydrogen) atoms. The van der Waals surface area contributed by atoms with Crippen LogP contribution >= 0.6 is 11.6 Å². The van der Waals surface area contributed by atoms with E-state index in [1.165, 1.54) is 18.2 Å². The molecule has 2 heterocycles. The van der Waals surface area contributed by atoms with E-state index in [-0.39, 0.29) is 28.9 Å². The lowest BCUT2D eigenvalue weighted by atomic mass is 9.83. The summed E-state index contributed by atoms with van der Waals surface area (Å²) in [7, 11) is 1.95. The number of alkyl halides is 3. The highest BCUT2D eigenvalue weighted by Crippen LogP contribution is 2.51. The molecule has 2 aliphatic heterocycles. The fraction of sp³-hybridized carbons (Fsp3) is 0.391. The Balaban J connectivity index is 1.93. The highest BCUT2D eigenvalue weighted by atomic mass is 35.5. The van der Waals surface area contributed by atoms with Crippen molar-refractivity contribution in [1.29, 1.82) is 0 Å². The molecule has 0 aliphatic carbocycles. The summed E-state index contributed by atoms with van der Waals surface area (Å²) in [5.41, 5.74) is -0.0650. The summed E-state index contributed by atoms with van der Waals surface area (Å²) in [6, 6.07) is 7.60. The second kappa shape index (κ2) is 8.30. The minimum absolute atomic E-state index is 0.0521. The zero-order valence-corrected chi connectivity index (χ0v) is 18.6. The van der Waals surface area contributed by atoms with Gasteiger partial charge < -0.3 is 20.6 Å². The number of halogens is 4. The number of likely N-dealkylation sites (tertiary alicyclic amines) is 1. The summed E-state index contributed by atoms with van der Waals surface area (Å²) in [4.78, 5) is 28.7. The standard InChI is InChI=1S/C23H23ClF3N3O3/c1-29-9-4-5-14(29)8-10-30-18-12-13(20(28)31)11-16(23(25,26)27)19(18)22(33,21(30)32)15-6-2-3-7-17(15)24/h2-3,6-7,11-12,14,33H,4-5,8-10H2,1H3,(H2,28,31). The van der Waals surface area contributed by atoms with Crippen LogP contribution in [0.1, 0.15) is 46.3 Å². The molecule has 0 spiro atoms. The molecule has 2 amide bonds. The molecule has 1 saturated heterocycles. The Morgan fingerprint density at radius 1 is 1.30 bits per heavy atom. The quantitative estimate of drug-likeness (QED) is 0.684. The van der Waals surface area contributed by atoms with Crippen molar-refractivity contribution < 1.29 is 27.9 Å². The molecule has 2 aromatic carbocycles. The second-order valence-electron chi connectivity index (χ2n) is 8.49. The van der Waals surface area contributed by atoms with Crippen molar-refractivity contribution in [2.75, 3.05) is 25.0 Å². The Labute approximate surface area is 193 Å². The van der Waals surface area contributed by atoms with Crippen molar-refractivity contribution in [3.63, 3.8) is 0 Å². The number of hydrogen-bond acceptors (Lipinski definition) is 4. The van der Waals surface area contributed by atoms with E-state index >= 15 is 0 Å². The largest absolute Gasteiger partial charge is 0.416 e. The van der Waals surface area contributed by atoms with E-state index in [1.807, 2.05) is 7.05 Å². The average molecular weight is 482 g/mol. The summed E-state index contributed by atoms with van der Waals surface area (Å²) < 4.78 is 42.5. The van der Waals surface area contributed by atoms with Gasteiger partial charge in [0.05, 0.1) is 11.3 Å². The molecule has 0 bridgehead atoms. The van der Waals surface area contributed by atoms with E-state index in [1.54, 1.807) is 6.07 Å². The van der Waals surface area contributed by atoms with Crippen LogP contribution in [0.3, 0.4) is 0 Å². The Morgan fingerprint density at radius 3 is 2.58 bits per heavy atom. The number of primary amides is 1. The zero-order chi connectivity index (χ0) is 24.1. The van der Waals surface area contributed by atoms with Gasteiger partial charge in [0, 0.05) is 34.3 Å². The third-order valence-electron chi connectivity index (χ3n) is 6.54. The van der Waals surface area contributed by atoms with Crippen molar-refractivity contribution in [2.45, 2.75) is 37.1 Å². The number of benzene rings is 2. The second-order valence-corrected chi connectivity index (χ2v) is 8.90. The number of nitrogens with zero attached hydrogens (tertiary/aromatic N) is 2. The van der Waals surface area contributed by atoms with Gasteiger partial charge in [0.15, 0.2) is 5.60 Å². The van der Waals surface area contributed by atoms with E-state index < -0.39 is 40.3 Å². The van der Waals surface area contributed by atoms with E-state index in [4.69, 9.17) is 17.3 Å². The lowest BCUT2D eigenvalue weighted by Gasteiger charge is -2.27. The topological polar surface area (TPSA) is 86.9 Å². The number of nitrogens with two attached hydrogens (primary N) is 1. The number of carbonyl (C=O) groups excluding carboxylic acids is 2. The molecule has 2 atom stereocenters. The first kappa shape index (κ1) is 23.5. The SMILES string of the molecule is CN1CCCC1CCN1C(=O)C(O)(c2ccccc2Cl)c2c1cc(C(N)=O)cc2C(F)(F)F. The molecule has 2 aliphatic rings. The maximum atomic E-state index is 14.2. The van der Waals surface area contributed by atoms with Gasteiger partial charge in [0.2, 0.25) is 5.91 Å². The van der Waals surface area contributed by atoms with Crippen molar-refractivity contribution in [3.05, 3.63) is 63.7 Å². The number of rotatable bonds is 5. The van der Waals surface area contributed by atoms with Gasteiger partial charge in [-0.15, -0.1) is 0 Å². The Morgan fingerprint density at radius 2 is 2.00 bits per heavy atom. The van der Waals surface area contributed by atoms with Gasteiger partial charge in [-0.05, 0) is 51.1 Å². The first-order valence-electron chi connectivity index (χ1n) is 10.5. The predicted molar refractivity (Wildman–Crippen MR) is 117 cm³/mol. The lowest BCUT2D eigenvalue weighted by Crippen LogP contribution is -2.43. The summed E-state index contributed by atoms with van der Waals surface area (Å²) in [5, 5.41) is 11.6. The summed E-state index contributed by atoms with van der Waals surface area (Å²) in [6.45, 7) is 0.954. The molecule has 2 unspecified atom stereocenters. The number of aliphatic hydroxyl groups is 1. The van der Waals surface area contributed by atoms with Crippen LogP contribution in [0.5, 0.6) is 0 Å². The Hall–Kier alpha value is -2.62. The normalized spacial score (nSPS) is 23.3. The monoisotopic (exact) mass is 481 g/mol. The maximum Gasteiger partial charge on any atom is 0.416 e. The van der Waals surface area contributed by atoms with Gasteiger partial charge in [-0.2, -0.15) is 13.2 Å². The molecular formula is C23H23ClF3N3O3. The number of carbonyl (C=O) groups is 2. The van der Waals surface area contributed by atoms with E-state index in [9.17, 15) is 27.9 Å². The predicted octanol–water partition coefficient (Wildman–Crippen LogP) is 3.52. The molecule has 2 aromatic rings. The van der Waals surface area contributed by atoms with Gasteiger partial charge >= 0.3 is 6.18 Å². The number of amides is 2. The molecule has 3 N–H and O–H groups in total. The molecule has 176 valence electrons. The highest BCUT2D eigenvalue weighted by molar-refractivity contribution is 6.32. The Bertz CT molecular complexity index is 1120. The Kier molecular flexibility index (Phi) is 5.92. The first-order valence-corrected chi connectivity index (χ1v) is 10.9. The van der Waals surface area contributed by atoms with Crippen LogP contribution in [0.2, 0.25) is 5.02 Å². The minimum Gasteiger partial charge on any atom is -0.372 e. The van der Waals surface area contributed by atoms with Crippen molar-refractivity contribution in [3.8, 4) is 0 Å². The molecule has 1 fully saturated rings. The third-order valence-corrected chi connectivity index (χ3v) is 6.87. The summed E-state index contributed by atoms with van der Waals surface area (Å²) in [5.74, 6) is -2.02. The summed E-state index contributed by atoms with van der Waals surface area (Å²) in [6.07, 6.45) is -2.59. The van der Waals surface area contributed by atoms with E-state index in [0.29, 0.717) is 12.5 Å². The molecule has 0 saturated carbocycles. The van der Waals surface area contributed by atoms with E-state index in [0.717, 1.165) is 30.4 Å². The maximum absolute atomic E-state index is 14.2. The van der Waals surface area contributed by atoms with Gasteiger partial charge in [-0.1, -0.05) is 29.8 Å². The van der Waals surface area contributed by atoms with Crippen LogP contribution in [0.4, 0.5) is 18.9 Å². The van der Waals surface area contributed by atoms with Crippen LogP contribution in [0.15, 0.2) is 36.4 Å². The zero-order valence-electron chi connectivity index (χ0n) is 17.8. The number of anilines is 1. The summed E-state index contributed by atoms with van der Waals surface area (Å²) >= 11 is 6.23. The molecule has 4 rings (SSSR count). The van der Waals surface area contributed by atoms with Crippen LogP contribution < -0.4 is 10.6 Å². The van der Waals surface area contributed by atoms with Crippen LogP contribution in [0, 0.1) is 0 Å². The van der Waals surface area contributed by atoms with Crippen LogP contribution in [-0.2, 0) is 16.6 Å². The van der Waals surface area contributed by atoms with Crippen LogP contribution in [0.25, 0.3) is 0 Å². The van der Waals surface area contributed by atoms with E-state index in [2.05, 4.69) is 4.90 Å². The van der Waals surface area contributed by atoms with Crippen molar-refractivity contribution in [2.24, 2.45) is 5.73 Å². The van der Waals surface area contributed by atoms with Crippen LogP contribution in [-0.4, -0.2) is 48.0 Å². The van der Waals surface area contributed by atoms with Gasteiger partial charge in [0.1, 0.15) is 0 Å². The molecular weight excluding hydrogens is 459 g/mol. The smallest absolute Gasteiger partial charge is 0.372 e. The molecule has 0 aromatic heterocycles. The van der Waals surface area contributed by atoms with Crippen molar-refractivity contribution >= 4 is 29.1 Å². The fourth-order valence-electron chi connectivity index (χ4n) is 4.85. The van der Waals surface area contributed by atoms with Gasteiger partial charge in [-0.3, -0.25) is 9.59 Å².